The zero-order valence-electron chi connectivity index (χ0n) is 12.2. The van der Waals surface area contributed by atoms with Crippen LogP contribution in [0.4, 0.5) is 0 Å². The van der Waals surface area contributed by atoms with E-state index >= 15 is 0 Å². The van der Waals surface area contributed by atoms with Crippen molar-refractivity contribution < 1.29 is 49.4 Å². The van der Waals surface area contributed by atoms with Crippen LogP contribution in [0, 0.1) is 0 Å². The number of aliphatic carboxylic acids is 3. The number of rotatable bonds is 8. The van der Waals surface area contributed by atoms with Crippen molar-refractivity contribution >= 4 is 23.9 Å². The predicted octanol–water partition coefficient (Wildman–Crippen LogP) is -0.928. The first-order valence-electron chi connectivity index (χ1n) is 6.17. The molecule has 0 amide bonds. The Hall–Kier alpha value is -2.20. The van der Waals surface area contributed by atoms with Gasteiger partial charge in [0.05, 0.1) is 32.0 Å². The van der Waals surface area contributed by atoms with Gasteiger partial charge in [-0.2, -0.15) is 0 Å². The SMILES string of the molecule is CCOC(=O)CC(C)O.O=C(O)CC(O)(CC(=O)O)C(=O)O. The lowest BCUT2D eigenvalue weighted by molar-refractivity contribution is -0.170. The summed E-state index contributed by atoms with van der Waals surface area (Å²) in [7, 11) is 0. The average Bonchev–Trinajstić information content (AvgIpc) is 2.26. The Balaban J connectivity index is 0. The van der Waals surface area contributed by atoms with Crippen molar-refractivity contribution in [3.05, 3.63) is 0 Å². The van der Waals surface area contributed by atoms with E-state index in [4.69, 9.17) is 25.5 Å². The van der Waals surface area contributed by atoms with Crippen molar-refractivity contribution in [2.24, 2.45) is 0 Å². The minimum atomic E-state index is -2.74. The van der Waals surface area contributed by atoms with Crippen molar-refractivity contribution in [3.63, 3.8) is 0 Å². The van der Waals surface area contributed by atoms with Crippen LogP contribution in [0.25, 0.3) is 0 Å². The van der Waals surface area contributed by atoms with Gasteiger partial charge in [0.25, 0.3) is 0 Å². The largest absolute Gasteiger partial charge is 0.481 e. The van der Waals surface area contributed by atoms with Crippen molar-refractivity contribution in [3.8, 4) is 0 Å². The molecule has 0 spiro atoms. The summed E-state index contributed by atoms with van der Waals surface area (Å²) in [5.74, 6) is -5.36. The summed E-state index contributed by atoms with van der Waals surface area (Å²) in [6.45, 7) is 3.67. The van der Waals surface area contributed by atoms with E-state index in [-0.39, 0.29) is 12.4 Å². The fourth-order valence-electron chi connectivity index (χ4n) is 1.18. The van der Waals surface area contributed by atoms with Crippen LogP contribution in [-0.2, 0) is 23.9 Å². The molecule has 0 aromatic rings. The number of hydrogen-bond acceptors (Lipinski definition) is 7. The third kappa shape index (κ3) is 11.6. The van der Waals surface area contributed by atoms with E-state index in [1.165, 1.54) is 0 Å². The lowest BCUT2D eigenvalue weighted by atomic mass is 9.96. The number of aliphatic hydroxyl groups excluding tert-OH is 1. The van der Waals surface area contributed by atoms with Gasteiger partial charge in [0, 0.05) is 0 Å². The molecule has 0 radical (unpaired) electrons. The van der Waals surface area contributed by atoms with Crippen molar-refractivity contribution in [2.75, 3.05) is 6.61 Å². The standard InChI is InChI=1S/C6H8O7.C6H12O3/c7-3(8)1-6(13,5(11)12)2-4(9)10;1-3-9-6(8)4-5(2)7/h13H,1-2H2,(H,7,8)(H,9,10)(H,11,12);5,7H,3-4H2,1-2H3. The van der Waals surface area contributed by atoms with Crippen molar-refractivity contribution in [2.45, 2.75) is 44.8 Å². The van der Waals surface area contributed by atoms with Crippen LogP contribution < -0.4 is 0 Å². The van der Waals surface area contributed by atoms with Crippen molar-refractivity contribution in [1.29, 1.82) is 0 Å². The Morgan fingerprint density at radius 1 is 1.05 bits per heavy atom. The van der Waals surface area contributed by atoms with Gasteiger partial charge in [0.1, 0.15) is 0 Å². The quantitative estimate of drug-likeness (QED) is 0.350. The summed E-state index contributed by atoms with van der Waals surface area (Å²) < 4.78 is 4.55. The number of esters is 1. The molecule has 0 bridgehead atoms. The molecule has 128 valence electrons. The van der Waals surface area contributed by atoms with E-state index in [0.29, 0.717) is 6.61 Å². The van der Waals surface area contributed by atoms with Gasteiger partial charge < -0.3 is 30.3 Å². The fourth-order valence-corrected chi connectivity index (χ4v) is 1.18. The first-order chi connectivity index (χ1) is 9.94. The van der Waals surface area contributed by atoms with Crippen LogP contribution in [0.3, 0.4) is 0 Å². The molecule has 0 fully saturated rings. The second kappa shape index (κ2) is 10.5. The monoisotopic (exact) mass is 324 g/mol. The highest BCUT2D eigenvalue weighted by Gasteiger charge is 2.40. The molecule has 10 heteroatoms. The third-order valence-corrected chi connectivity index (χ3v) is 2.05. The van der Waals surface area contributed by atoms with Crippen LogP contribution in [0.15, 0.2) is 0 Å². The second-order valence-corrected chi connectivity index (χ2v) is 4.34. The Labute approximate surface area is 125 Å². The maximum Gasteiger partial charge on any atom is 0.336 e. The van der Waals surface area contributed by atoms with E-state index in [9.17, 15) is 19.2 Å². The smallest absolute Gasteiger partial charge is 0.336 e. The molecule has 0 heterocycles. The zero-order valence-corrected chi connectivity index (χ0v) is 12.2. The maximum absolute atomic E-state index is 10.5. The lowest BCUT2D eigenvalue weighted by Crippen LogP contribution is -2.42. The summed E-state index contributed by atoms with van der Waals surface area (Å²) in [4.78, 5) is 41.0. The fraction of sp³-hybridized carbons (Fsp3) is 0.667. The number of carbonyl (C=O) groups excluding carboxylic acids is 1. The highest BCUT2D eigenvalue weighted by atomic mass is 16.5. The van der Waals surface area contributed by atoms with Gasteiger partial charge in [-0.3, -0.25) is 14.4 Å². The molecule has 0 rings (SSSR count). The predicted molar refractivity (Wildman–Crippen MR) is 70.0 cm³/mol. The minimum Gasteiger partial charge on any atom is -0.481 e. The average molecular weight is 324 g/mol. The number of aliphatic hydroxyl groups is 2. The van der Waals surface area contributed by atoms with Crippen molar-refractivity contribution in [1.82, 2.24) is 0 Å². The first-order valence-corrected chi connectivity index (χ1v) is 6.17. The van der Waals surface area contributed by atoms with Gasteiger partial charge in [-0.05, 0) is 13.8 Å². The molecule has 0 aromatic heterocycles. The Bertz CT molecular complexity index is 385. The van der Waals surface area contributed by atoms with Crippen LogP contribution in [0.2, 0.25) is 0 Å². The normalized spacial score (nSPS) is 11.6. The Morgan fingerprint density at radius 2 is 1.45 bits per heavy atom. The summed E-state index contributed by atoms with van der Waals surface area (Å²) in [5.41, 5.74) is -2.74. The highest BCUT2D eigenvalue weighted by Crippen LogP contribution is 2.15. The van der Waals surface area contributed by atoms with Gasteiger partial charge in [0.15, 0.2) is 5.60 Å². The number of ether oxygens (including phenoxy) is 1. The Morgan fingerprint density at radius 3 is 1.68 bits per heavy atom. The maximum atomic E-state index is 10.5. The summed E-state index contributed by atoms with van der Waals surface area (Å²) in [6, 6.07) is 0. The van der Waals surface area contributed by atoms with Crippen LogP contribution >= 0.6 is 0 Å². The summed E-state index contributed by atoms with van der Waals surface area (Å²) in [5, 5.41) is 42.5. The highest BCUT2D eigenvalue weighted by molar-refractivity contribution is 5.88. The lowest BCUT2D eigenvalue weighted by Gasteiger charge is -2.18. The van der Waals surface area contributed by atoms with Gasteiger partial charge >= 0.3 is 23.9 Å². The molecule has 0 aliphatic heterocycles. The Kier molecular flexibility index (Phi) is 10.6. The molecule has 5 N–H and O–H groups in total. The molecule has 0 saturated heterocycles. The summed E-state index contributed by atoms with van der Waals surface area (Å²) >= 11 is 0. The number of carboxylic acids is 3. The molecular formula is C12H20O10. The molecule has 0 aliphatic carbocycles. The van der Waals surface area contributed by atoms with E-state index in [1.54, 1.807) is 13.8 Å². The van der Waals surface area contributed by atoms with E-state index in [0.717, 1.165) is 0 Å². The van der Waals surface area contributed by atoms with Gasteiger partial charge in [-0.1, -0.05) is 0 Å². The molecular weight excluding hydrogens is 304 g/mol. The van der Waals surface area contributed by atoms with Crippen LogP contribution in [0.5, 0.6) is 0 Å². The van der Waals surface area contributed by atoms with Gasteiger partial charge in [-0.25, -0.2) is 4.79 Å². The first kappa shape index (κ1) is 22.1. The van der Waals surface area contributed by atoms with Gasteiger partial charge in [0.2, 0.25) is 0 Å². The third-order valence-electron chi connectivity index (χ3n) is 2.05. The van der Waals surface area contributed by atoms with Crippen LogP contribution in [0.1, 0.15) is 33.1 Å². The van der Waals surface area contributed by atoms with Crippen LogP contribution in [-0.4, -0.2) is 67.7 Å². The molecule has 10 nitrogen and oxygen atoms in total. The molecule has 0 saturated carbocycles. The topological polar surface area (TPSA) is 179 Å². The number of carbonyl (C=O) groups is 4. The molecule has 0 aromatic carbocycles. The van der Waals surface area contributed by atoms with E-state index in [1.807, 2.05) is 0 Å². The summed E-state index contributed by atoms with van der Waals surface area (Å²) in [6.07, 6.45) is -2.79. The number of hydrogen-bond donors (Lipinski definition) is 5. The second-order valence-electron chi connectivity index (χ2n) is 4.34. The molecule has 1 atom stereocenters. The van der Waals surface area contributed by atoms with E-state index in [2.05, 4.69) is 4.74 Å². The van der Waals surface area contributed by atoms with E-state index < -0.39 is 42.5 Å². The van der Waals surface area contributed by atoms with Gasteiger partial charge in [-0.15, -0.1) is 0 Å². The molecule has 1 unspecified atom stereocenters. The molecule has 0 aliphatic rings. The number of carboxylic acid groups (broad SMARTS) is 3. The minimum absolute atomic E-state index is 0.0911. The zero-order chi connectivity index (χ0) is 17.9. The molecule has 22 heavy (non-hydrogen) atoms.